The Balaban J connectivity index is 2.08. The fraction of sp³-hybridized carbons (Fsp3) is 0.231. The minimum absolute atomic E-state index is 0.00335. The normalized spacial score (nSPS) is 11.9. The summed E-state index contributed by atoms with van der Waals surface area (Å²) >= 11 is 0. The lowest BCUT2D eigenvalue weighted by Crippen LogP contribution is -2.13. The third-order valence-electron chi connectivity index (χ3n) is 2.86. The van der Waals surface area contributed by atoms with Crippen molar-refractivity contribution < 1.29 is 14.5 Å². The van der Waals surface area contributed by atoms with Crippen LogP contribution in [0.25, 0.3) is 0 Å². The van der Waals surface area contributed by atoms with E-state index in [1.165, 1.54) is 18.3 Å². The second kappa shape index (κ2) is 5.52. The summed E-state index contributed by atoms with van der Waals surface area (Å²) in [7, 11) is 1.69. The number of esters is 1. The first-order valence-electron chi connectivity index (χ1n) is 5.91. The third-order valence-corrected chi connectivity index (χ3v) is 2.86. The Labute approximate surface area is 115 Å². The van der Waals surface area contributed by atoms with Crippen molar-refractivity contribution in [3.63, 3.8) is 0 Å². The molecule has 20 heavy (non-hydrogen) atoms. The Morgan fingerprint density at radius 3 is 2.55 bits per heavy atom. The first-order chi connectivity index (χ1) is 9.49. The second-order valence-corrected chi connectivity index (χ2v) is 4.26. The lowest BCUT2D eigenvalue weighted by molar-refractivity contribution is -0.384. The molecule has 0 aliphatic rings. The maximum atomic E-state index is 11.9. The first kappa shape index (κ1) is 13.7. The minimum atomic E-state index is -0.539. The van der Waals surface area contributed by atoms with E-state index >= 15 is 0 Å². The van der Waals surface area contributed by atoms with Crippen molar-refractivity contribution in [2.75, 3.05) is 0 Å². The number of rotatable bonds is 4. The number of aryl methyl sites for hydroxylation is 1. The number of hydrogen-bond acceptors (Lipinski definition) is 5. The van der Waals surface area contributed by atoms with E-state index in [9.17, 15) is 14.9 Å². The van der Waals surface area contributed by atoms with Crippen molar-refractivity contribution in [3.8, 4) is 0 Å². The Kier molecular flexibility index (Phi) is 3.79. The molecule has 104 valence electrons. The summed E-state index contributed by atoms with van der Waals surface area (Å²) in [5.41, 5.74) is 0.675. The van der Waals surface area contributed by atoms with E-state index in [4.69, 9.17) is 4.74 Å². The largest absolute Gasteiger partial charge is 0.452 e. The lowest BCUT2D eigenvalue weighted by Gasteiger charge is -2.13. The van der Waals surface area contributed by atoms with E-state index in [1.807, 2.05) is 0 Å². The molecule has 0 aliphatic heterocycles. The zero-order chi connectivity index (χ0) is 14.7. The summed E-state index contributed by atoms with van der Waals surface area (Å²) in [6, 6.07) is 5.88. The Morgan fingerprint density at radius 2 is 2.05 bits per heavy atom. The number of benzene rings is 1. The number of nitrogens with zero attached hydrogens (tertiary/aromatic N) is 3. The van der Waals surface area contributed by atoms with Gasteiger partial charge in [0.1, 0.15) is 6.10 Å². The van der Waals surface area contributed by atoms with Crippen LogP contribution in [-0.2, 0) is 11.8 Å². The van der Waals surface area contributed by atoms with Crippen LogP contribution in [0.3, 0.4) is 0 Å². The Morgan fingerprint density at radius 1 is 1.40 bits per heavy atom. The summed E-state index contributed by atoms with van der Waals surface area (Å²) in [6.45, 7) is 1.70. The maximum Gasteiger partial charge on any atom is 0.375 e. The van der Waals surface area contributed by atoms with Crippen LogP contribution in [-0.4, -0.2) is 20.4 Å². The summed E-state index contributed by atoms with van der Waals surface area (Å²) in [5.74, 6) is -0.331. The summed E-state index contributed by atoms with van der Waals surface area (Å²) in [5, 5.41) is 10.6. The number of ether oxygens (including phenoxy) is 1. The fourth-order valence-corrected chi connectivity index (χ4v) is 1.71. The number of nitro benzene ring substituents is 1. The molecule has 0 aliphatic carbocycles. The van der Waals surface area contributed by atoms with Crippen molar-refractivity contribution in [3.05, 3.63) is 58.2 Å². The van der Waals surface area contributed by atoms with E-state index in [0.717, 1.165) is 0 Å². The lowest BCUT2D eigenvalue weighted by atomic mass is 10.1. The van der Waals surface area contributed by atoms with Gasteiger partial charge >= 0.3 is 5.97 Å². The fourth-order valence-electron chi connectivity index (χ4n) is 1.71. The number of carbonyl (C=O) groups excluding carboxylic acids is 1. The molecule has 1 aromatic heterocycles. The molecule has 1 heterocycles. The van der Waals surface area contributed by atoms with Crippen LogP contribution in [0, 0.1) is 10.1 Å². The molecule has 0 radical (unpaired) electrons. The van der Waals surface area contributed by atoms with Crippen LogP contribution in [0.2, 0.25) is 0 Å². The third kappa shape index (κ3) is 2.82. The van der Waals surface area contributed by atoms with Crippen molar-refractivity contribution in [2.24, 2.45) is 7.05 Å². The zero-order valence-electron chi connectivity index (χ0n) is 11.0. The molecule has 0 saturated carbocycles. The van der Waals surface area contributed by atoms with E-state index in [2.05, 4.69) is 4.98 Å². The van der Waals surface area contributed by atoms with Gasteiger partial charge in [0.05, 0.1) is 4.92 Å². The number of carbonyl (C=O) groups is 1. The number of aromatic nitrogens is 2. The van der Waals surface area contributed by atoms with Gasteiger partial charge in [-0.3, -0.25) is 10.1 Å². The molecule has 0 amide bonds. The topological polar surface area (TPSA) is 87.3 Å². The molecule has 1 atom stereocenters. The molecular formula is C13H13N3O4. The monoisotopic (exact) mass is 275 g/mol. The van der Waals surface area contributed by atoms with Gasteiger partial charge in [0.2, 0.25) is 5.82 Å². The highest BCUT2D eigenvalue weighted by Crippen LogP contribution is 2.21. The summed E-state index contributed by atoms with van der Waals surface area (Å²) in [6.07, 6.45) is 2.64. The van der Waals surface area contributed by atoms with Gasteiger partial charge in [0.25, 0.3) is 5.69 Å². The van der Waals surface area contributed by atoms with Gasteiger partial charge in [-0.15, -0.1) is 0 Å². The van der Waals surface area contributed by atoms with Crippen LogP contribution >= 0.6 is 0 Å². The zero-order valence-corrected chi connectivity index (χ0v) is 11.0. The highest BCUT2D eigenvalue weighted by Gasteiger charge is 2.17. The molecule has 1 unspecified atom stereocenters. The summed E-state index contributed by atoms with van der Waals surface area (Å²) < 4.78 is 6.83. The van der Waals surface area contributed by atoms with Gasteiger partial charge in [-0.25, -0.2) is 9.78 Å². The van der Waals surface area contributed by atoms with Crippen LogP contribution in [0.1, 0.15) is 29.2 Å². The number of imidazole rings is 1. The van der Waals surface area contributed by atoms with Crippen molar-refractivity contribution >= 4 is 11.7 Å². The van der Waals surface area contributed by atoms with Crippen LogP contribution < -0.4 is 0 Å². The van der Waals surface area contributed by atoms with Gasteiger partial charge in [0.15, 0.2) is 0 Å². The van der Waals surface area contributed by atoms with Crippen LogP contribution in [0.15, 0.2) is 36.7 Å². The molecule has 0 fully saturated rings. The highest BCUT2D eigenvalue weighted by molar-refractivity contribution is 5.85. The average Bonchev–Trinajstić information content (AvgIpc) is 2.85. The molecule has 0 spiro atoms. The molecule has 1 aromatic carbocycles. The average molecular weight is 275 g/mol. The van der Waals surface area contributed by atoms with Crippen LogP contribution in [0.5, 0.6) is 0 Å². The number of nitro groups is 1. The van der Waals surface area contributed by atoms with Gasteiger partial charge in [0, 0.05) is 31.6 Å². The van der Waals surface area contributed by atoms with E-state index in [1.54, 1.807) is 36.9 Å². The molecule has 7 nitrogen and oxygen atoms in total. The predicted molar refractivity (Wildman–Crippen MR) is 70.1 cm³/mol. The molecule has 0 saturated heterocycles. The molecular weight excluding hydrogens is 262 g/mol. The predicted octanol–water partition coefficient (Wildman–Crippen LogP) is 2.25. The minimum Gasteiger partial charge on any atom is -0.452 e. The second-order valence-electron chi connectivity index (χ2n) is 4.26. The Bertz CT molecular complexity index is 633. The standard InChI is InChI=1S/C13H13N3O4/c1-9(10-3-5-11(6-4-10)16(18)19)20-13(17)12-14-7-8-15(12)2/h3-9H,1-2H3. The van der Waals surface area contributed by atoms with E-state index < -0.39 is 17.0 Å². The van der Waals surface area contributed by atoms with E-state index in [0.29, 0.717) is 5.56 Å². The quantitative estimate of drug-likeness (QED) is 0.485. The van der Waals surface area contributed by atoms with Gasteiger partial charge in [-0.1, -0.05) is 0 Å². The van der Waals surface area contributed by atoms with Crippen molar-refractivity contribution in [1.29, 1.82) is 0 Å². The first-order valence-corrected chi connectivity index (χ1v) is 5.91. The van der Waals surface area contributed by atoms with Gasteiger partial charge in [-0.05, 0) is 24.6 Å². The highest BCUT2D eigenvalue weighted by atomic mass is 16.6. The molecule has 2 aromatic rings. The Hall–Kier alpha value is -2.70. The smallest absolute Gasteiger partial charge is 0.375 e. The molecule has 7 heteroatoms. The van der Waals surface area contributed by atoms with Crippen molar-refractivity contribution in [2.45, 2.75) is 13.0 Å². The summed E-state index contributed by atoms with van der Waals surface area (Å²) in [4.78, 5) is 25.9. The number of non-ortho nitro benzene ring substituents is 1. The molecule has 0 bridgehead atoms. The maximum absolute atomic E-state index is 11.9. The SMILES string of the molecule is CC(OC(=O)c1nccn1C)c1ccc([N+](=O)[O-])cc1. The molecule has 0 N–H and O–H groups in total. The number of hydrogen-bond donors (Lipinski definition) is 0. The van der Waals surface area contributed by atoms with E-state index in [-0.39, 0.29) is 11.5 Å². The van der Waals surface area contributed by atoms with Crippen molar-refractivity contribution in [1.82, 2.24) is 9.55 Å². The van der Waals surface area contributed by atoms with Gasteiger partial charge < -0.3 is 9.30 Å². The van der Waals surface area contributed by atoms with Crippen LogP contribution in [0.4, 0.5) is 5.69 Å². The van der Waals surface area contributed by atoms with Gasteiger partial charge in [-0.2, -0.15) is 0 Å². The molecule has 2 rings (SSSR count).